The van der Waals surface area contributed by atoms with Gasteiger partial charge in [-0.1, -0.05) is 28.9 Å². The molecular formula is C14H15BrN4O. The number of hydrogen-bond acceptors (Lipinski definition) is 4. The molecule has 0 unspecified atom stereocenters. The molecule has 1 aromatic heterocycles. The Labute approximate surface area is 126 Å². The highest BCUT2D eigenvalue weighted by molar-refractivity contribution is 9.10. The minimum atomic E-state index is -0.231. The van der Waals surface area contributed by atoms with Crippen molar-refractivity contribution >= 4 is 33.5 Å². The van der Waals surface area contributed by atoms with E-state index in [2.05, 4.69) is 43.5 Å². The normalized spacial score (nSPS) is 10.1. The average Bonchev–Trinajstić information content (AvgIpc) is 2.45. The van der Waals surface area contributed by atoms with Gasteiger partial charge in [-0.05, 0) is 24.6 Å². The standard InChI is InChI=1S/C14H15BrN4O/c1-2-6-16-14-17-8-10(9-18-14)13(20)19-12-5-3-4-11(15)7-12/h3-5,7-9H,2,6H2,1H3,(H,19,20)(H,16,17,18). The molecule has 0 fully saturated rings. The minimum Gasteiger partial charge on any atom is -0.354 e. The molecule has 2 N–H and O–H groups in total. The van der Waals surface area contributed by atoms with Gasteiger partial charge in [-0.15, -0.1) is 0 Å². The second kappa shape index (κ2) is 7.00. The van der Waals surface area contributed by atoms with Crippen molar-refractivity contribution < 1.29 is 4.79 Å². The number of halogens is 1. The van der Waals surface area contributed by atoms with Crippen LogP contribution in [-0.2, 0) is 0 Å². The van der Waals surface area contributed by atoms with Gasteiger partial charge in [-0.2, -0.15) is 0 Å². The van der Waals surface area contributed by atoms with Crippen molar-refractivity contribution in [1.29, 1.82) is 0 Å². The number of rotatable bonds is 5. The Morgan fingerprint density at radius 3 is 2.70 bits per heavy atom. The first kappa shape index (κ1) is 14.5. The Kier molecular flexibility index (Phi) is 5.06. The third-order valence-electron chi connectivity index (χ3n) is 2.53. The van der Waals surface area contributed by atoms with E-state index in [1.54, 1.807) is 0 Å². The molecular weight excluding hydrogens is 320 g/mol. The van der Waals surface area contributed by atoms with Gasteiger partial charge in [0.2, 0.25) is 5.95 Å². The first-order chi connectivity index (χ1) is 9.69. The second-order valence-electron chi connectivity index (χ2n) is 4.19. The summed E-state index contributed by atoms with van der Waals surface area (Å²) >= 11 is 3.36. The number of aromatic nitrogens is 2. The Morgan fingerprint density at radius 1 is 1.30 bits per heavy atom. The maximum absolute atomic E-state index is 12.0. The maximum Gasteiger partial charge on any atom is 0.258 e. The van der Waals surface area contributed by atoms with Crippen molar-refractivity contribution in [3.8, 4) is 0 Å². The van der Waals surface area contributed by atoms with Gasteiger partial charge in [-0.25, -0.2) is 9.97 Å². The molecule has 0 saturated carbocycles. The smallest absolute Gasteiger partial charge is 0.258 e. The zero-order valence-electron chi connectivity index (χ0n) is 11.1. The summed E-state index contributed by atoms with van der Waals surface area (Å²) in [4.78, 5) is 20.2. The Morgan fingerprint density at radius 2 is 2.05 bits per heavy atom. The SMILES string of the molecule is CCCNc1ncc(C(=O)Nc2cccc(Br)c2)cn1. The number of nitrogens with one attached hydrogen (secondary N) is 2. The molecule has 6 heteroatoms. The number of benzene rings is 1. The summed E-state index contributed by atoms with van der Waals surface area (Å²) in [5.41, 5.74) is 1.14. The number of hydrogen-bond donors (Lipinski definition) is 2. The van der Waals surface area contributed by atoms with E-state index in [0.29, 0.717) is 11.5 Å². The van der Waals surface area contributed by atoms with E-state index in [1.165, 1.54) is 12.4 Å². The zero-order chi connectivity index (χ0) is 14.4. The maximum atomic E-state index is 12.0. The molecule has 0 spiro atoms. The van der Waals surface area contributed by atoms with Gasteiger partial charge in [0.1, 0.15) is 0 Å². The summed E-state index contributed by atoms with van der Waals surface area (Å²) < 4.78 is 0.908. The number of carbonyl (C=O) groups is 1. The Balaban J connectivity index is 2.02. The summed E-state index contributed by atoms with van der Waals surface area (Å²) in [6.07, 6.45) is 4.02. The first-order valence-corrected chi connectivity index (χ1v) is 7.11. The lowest BCUT2D eigenvalue weighted by molar-refractivity contribution is 0.102. The number of carbonyl (C=O) groups excluding carboxylic acids is 1. The fraction of sp³-hybridized carbons (Fsp3) is 0.214. The van der Waals surface area contributed by atoms with Gasteiger partial charge in [0.05, 0.1) is 5.56 Å². The van der Waals surface area contributed by atoms with Crippen molar-refractivity contribution in [2.24, 2.45) is 0 Å². The predicted molar refractivity (Wildman–Crippen MR) is 82.9 cm³/mol. The highest BCUT2D eigenvalue weighted by Crippen LogP contribution is 2.16. The molecule has 0 saturated heterocycles. The summed E-state index contributed by atoms with van der Waals surface area (Å²) in [5.74, 6) is 0.302. The van der Waals surface area contributed by atoms with Crippen LogP contribution in [-0.4, -0.2) is 22.4 Å². The molecule has 0 aliphatic carbocycles. The van der Waals surface area contributed by atoms with E-state index in [9.17, 15) is 4.79 Å². The van der Waals surface area contributed by atoms with E-state index >= 15 is 0 Å². The van der Waals surface area contributed by atoms with Crippen molar-refractivity contribution in [1.82, 2.24) is 9.97 Å². The summed E-state index contributed by atoms with van der Waals surface area (Å²) in [7, 11) is 0. The molecule has 20 heavy (non-hydrogen) atoms. The summed E-state index contributed by atoms with van der Waals surface area (Å²) in [5, 5.41) is 5.85. The molecule has 5 nitrogen and oxygen atoms in total. The summed E-state index contributed by atoms with van der Waals surface area (Å²) in [6.45, 7) is 2.87. The van der Waals surface area contributed by atoms with Crippen molar-refractivity contribution in [3.63, 3.8) is 0 Å². The van der Waals surface area contributed by atoms with Crippen LogP contribution in [0.1, 0.15) is 23.7 Å². The number of nitrogens with zero attached hydrogens (tertiary/aromatic N) is 2. The van der Waals surface area contributed by atoms with E-state index in [-0.39, 0.29) is 5.91 Å². The molecule has 0 bridgehead atoms. The molecule has 2 aromatic rings. The van der Waals surface area contributed by atoms with Crippen LogP contribution in [0.15, 0.2) is 41.1 Å². The lowest BCUT2D eigenvalue weighted by Gasteiger charge is -2.06. The largest absolute Gasteiger partial charge is 0.354 e. The molecule has 1 amide bonds. The van der Waals surface area contributed by atoms with Gasteiger partial charge < -0.3 is 10.6 Å². The van der Waals surface area contributed by atoms with Gasteiger partial charge in [0.25, 0.3) is 5.91 Å². The topological polar surface area (TPSA) is 66.9 Å². The van der Waals surface area contributed by atoms with Gasteiger partial charge in [0.15, 0.2) is 0 Å². The van der Waals surface area contributed by atoms with E-state index in [1.807, 2.05) is 24.3 Å². The summed E-state index contributed by atoms with van der Waals surface area (Å²) in [6, 6.07) is 7.40. The van der Waals surface area contributed by atoms with Gasteiger partial charge >= 0.3 is 0 Å². The molecule has 2 rings (SSSR count). The highest BCUT2D eigenvalue weighted by Gasteiger charge is 2.07. The van der Waals surface area contributed by atoms with Gasteiger partial charge in [0, 0.05) is 29.1 Å². The minimum absolute atomic E-state index is 0.231. The van der Waals surface area contributed by atoms with E-state index in [0.717, 1.165) is 23.1 Å². The highest BCUT2D eigenvalue weighted by atomic mass is 79.9. The molecule has 0 aliphatic heterocycles. The van der Waals surface area contributed by atoms with Crippen LogP contribution >= 0.6 is 15.9 Å². The molecule has 104 valence electrons. The molecule has 0 radical (unpaired) electrons. The van der Waals surface area contributed by atoms with E-state index < -0.39 is 0 Å². The van der Waals surface area contributed by atoms with Crippen LogP contribution in [0.25, 0.3) is 0 Å². The number of anilines is 2. The lowest BCUT2D eigenvalue weighted by atomic mass is 10.3. The Bertz CT molecular complexity index is 586. The third-order valence-corrected chi connectivity index (χ3v) is 3.02. The van der Waals surface area contributed by atoms with Crippen LogP contribution < -0.4 is 10.6 Å². The molecule has 1 heterocycles. The molecule has 0 aliphatic rings. The van der Waals surface area contributed by atoms with Gasteiger partial charge in [-0.3, -0.25) is 4.79 Å². The van der Waals surface area contributed by atoms with Crippen LogP contribution in [0.2, 0.25) is 0 Å². The zero-order valence-corrected chi connectivity index (χ0v) is 12.6. The third kappa shape index (κ3) is 4.03. The fourth-order valence-electron chi connectivity index (χ4n) is 1.54. The van der Waals surface area contributed by atoms with Crippen LogP contribution in [0.5, 0.6) is 0 Å². The van der Waals surface area contributed by atoms with Crippen molar-refractivity contribution in [2.45, 2.75) is 13.3 Å². The second-order valence-corrected chi connectivity index (χ2v) is 5.10. The average molecular weight is 335 g/mol. The quantitative estimate of drug-likeness (QED) is 0.880. The van der Waals surface area contributed by atoms with Crippen LogP contribution in [0.4, 0.5) is 11.6 Å². The predicted octanol–water partition coefficient (Wildman–Crippen LogP) is 3.31. The Hall–Kier alpha value is -1.95. The van der Waals surface area contributed by atoms with E-state index in [4.69, 9.17) is 0 Å². The van der Waals surface area contributed by atoms with Crippen LogP contribution in [0, 0.1) is 0 Å². The van der Waals surface area contributed by atoms with Crippen molar-refractivity contribution in [3.05, 3.63) is 46.7 Å². The first-order valence-electron chi connectivity index (χ1n) is 6.32. The number of amides is 1. The lowest BCUT2D eigenvalue weighted by Crippen LogP contribution is -2.13. The molecule has 0 atom stereocenters. The van der Waals surface area contributed by atoms with Crippen molar-refractivity contribution in [2.75, 3.05) is 17.2 Å². The monoisotopic (exact) mass is 334 g/mol. The van der Waals surface area contributed by atoms with Crippen LogP contribution in [0.3, 0.4) is 0 Å². The fourth-order valence-corrected chi connectivity index (χ4v) is 1.94. The molecule has 1 aromatic carbocycles.